The van der Waals surface area contributed by atoms with Crippen LogP contribution >= 0.6 is 0 Å². The van der Waals surface area contributed by atoms with Crippen LogP contribution in [0, 0.1) is 5.41 Å². The minimum Gasteiger partial charge on any atom is -0.463 e. The topological polar surface area (TPSA) is 46.5 Å². The lowest BCUT2D eigenvalue weighted by molar-refractivity contribution is -0.147. The molecule has 0 fully saturated rings. The predicted molar refractivity (Wildman–Crippen MR) is 111 cm³/mol. The molecule has 3 heteroatoms. The molecule has 0 aromatic rings. The van der Waals surface area contributed by atoms with Crippen LogP contribution in [0.15, 0.2) is 0 Å². The molecule has 3 nitrogen and oxygen atoms in total. The van der Waals surface area contributed by atoms with E-state index in [2.05, 4.69) is 27.7 Å². The fourth-order valence-corrected chi connectivity index (χ4v) is 3.31. The van der Waals surface area contributed by atoms with Gasteiger partial charge in [0.1, 0.15) is 6.61 Å². The number of carbonyl (C=O) groups excluding carboxylic acids is 1. The van der Waals surface area contributed by atoms with Gasteiger partial charge in [0, 0.05) is 6.42 Å². The van der Waals surface area contributed by atoms with Crippen molar-refractivity contribution in [1.82, 2.24) is 0 Å². The van der Waals surface area contributed by atoms with E-state index in [1.807, 2.05) is 0 Å². The number of unbranched alkanes of at least 4 members (excludes halogenated alkanes) is 12. The number of rotatable bonds is 17. The van der Waals surface area contributed by atoms with Gasteiger partial charge in [-0.2, -0.15) is 0 Å². The first-order valence-corrected chi connectivity index (χ1v) is 11.2. The van der Waals surface area contributed by atoms with Crippen molar-refractivity contribution in [2.24, 2.45) is 5.41 Å². The van der Waals surface area contributed by atoms with E-state index < -0.39 is 6.10 Å². The second kappa shape index (κ2) is 16.6. The van der Waals surface area contributed by atoms with Crippen molar-refractivity contribution in [3.63, 3.8) is 0 Å². The average Bonchev–Trinajstić information content (AvgIpc) is 2.55. The number of aliphatic hydroxyl groups is 1. The Bertz CT molecular complexity index is 320. The SMILES string of the molecule is CCCCCCCCCCCCCCCC(=O)OCC(O)CC(C)(C)C. The Morgan fingerprint density at radius 2 is 1.23 bits per heavy atom. The minimum absolute atomic E-state index is 0.0564. The van der Waals surface area contributed by atoms with Gasteiger partial charge in [-0.1, -0.05) is 105 Å². The molecule has 0 saturated heterocycles. The standard InChI is InChI=1S/C23H46O3/c1-5-6-7-8-9-10-11-12-13-14-15-16-17-18-22(25)26-20-21(24)19-23(2,3)4/h21,24H,5-20H2,1-4H3. The van der Waals surface area contributed by atoms with Crippen LogP contribution in [0.5, 0.6) is 0 Å². The van der Waals surface area contributed by atoms with Crippen molar-refractivity contribution in [1.29, 1.82) is 0 Å². The molecule has 0 saturated carbocycles. The van der Waals surface area contributed by atoms with E-state index in [9.17, 15) is 9.90 Å². The monoisotopic (exact) mass is 370 g/mol. The summed E-state index contributed by atoms with van der Waals surface area (Å²) in [7, 11) is 0. The molecule has 0 aliphatic carbocycles. The molecule has 0 aliphatic heterocycles. The number of hydrogen-bond donors (Lipinski definition) is 1. The van der Waals surface area contributed by atoms with Crippen molar-refractivity contribution in [3.8, 4) is 0 Å². The summed E-state index contributed by atoms with van der Waals surface area (Å²) >= 11 is 0. The maximum absolute atomic E-state index is 11.7. The average molecular weight is 371 g/mol. The van der Waals surface area contributed by atoms with Crippen LogP contribution in [0.1, 0.15) is 124 Å². The zero-order valence-corrected chi connectivity index (χ0v) is 18.2. The van der Waals surface area contributed by atoms with Crippen LogP contribution in [0.25, 0.3) is 0 Å². The Labute approximate surface area is 163 Å². The van der Waals surface area contributed by atoms with E-state index in [4.69, 9.17) is 4.74 Å². The molecule has 0 heterocycles. The number of esters is 1. The van der Waals surface area contributed by atoms with Crippen LogP contribution < -0.4 is 0 Å². The summed E-state index contributed by atoms with van der Waals surface area (Å²) in [5, 5.41) is 9.84. The Hall–Kier alpha value is -0.570. The maximum Gasteiger partial charge on any atom is 0.305 e. The molecular formula is C23H46O3. The lowest BCUT2D eigenvalue weighted by atomic mass is 9.89. The second-order valence-corrected chi connectivity index (χ2v) is 9.09. The van der Waals surface area contributed by atoms with Gasteiger partial charge >= 0.3 is 5.97 Å². The summed E-state index contributed by atoms with van der Waals surface area (Å²) in [6, 6.07) is 0. The molecule has 0 aromatic heterocycles. The number of aliphatic hydroxyl groups excluding tert-OH is 1. The fraction of sp³-hybridized carbons (Fsp3) is 0.957. The summed E-state index contributed by atoms with van der Waals surface area (Å²) in [4.78, 5) is 11.7. The highest BCUT2D eigenvalue weighted by Gasteiger charge is 2.17. The molecule has 0 spiro atoms. The van der Waals surface area contributed by atoms with Gasteiger partial charge in [0.15, 0.2) is 0 Å². The normalized spacial score (nSPS) is 13.0. The van der Waals surface area contributed by atoms with E-state index in [0.29, 0.717) is 12.8 Å². The Morgan fingerprint density at radius 1 is 0.808 bits per heavy atom. The summed E-state index contributed by atoms with van der Waals surface area (Å²) in [6.07, 6.45) is 17.5. The number of ether oxygens (including phenoxy) is 1. The molecule has 26 heavy (non-hydrogen) atoms. The van der Waals surface area contributed by atoms with Crippen molar-refractivity contribution in [2.75, 3.05) is 6.61 Å². The van der Waals surface area contributed by atoms with Crippen molar-refractivity contribution >= 4 is 5.97 Å². The fourth-order valence-electron chi connectivity index (χ4n) is 3.31. The smallest absolute Gasteiger partial charge is 0.305 e. The zero-order valence-electron chi connectivity index (χ0n) is 18.2. The van der Waals surface area contributed by atoms with Gasteiger partial charge in [-0.3, -0.25) is 4.79 Å². The summed E-state index contributed by atoms with van der Waals surface area (Å²) < 4.78 is 5.17. The van der Waals surface area contributed by atoms with Gasteiger partial charge < -0.3 is 9.84 Å². The molecule has 0 aromatic carbocycles. The van der Waals surface area contributed by atoms with Gasteiger partial charge in [-0.05, 0) is 18.3 Å². The molecule has 156 valence electrons. The van der Waals surface area contributed by atoms with Gasteiger partial charge in [0.25, 0.3) is 0 Å². The van der Waals surface area contributed by atoms with Crippen LogP contribution in [0.4, 0.5) is 0 Å². The first kappa shape index (κ1) is 25.4. The number of hydrogen-bond acceptors (Lipinski definition) is 3. The zero-order chi connectivity index (χ0) is 19.7. The van der Waals surface area contributed by atoms with Crippen molar-refractivity contribution in [2.45, 2.75) is 130 Å². The van der Waals surface area contributed by atoms with Gasteiger partial charge in [0.2, 0.25) is 0 Å². The van der Waals surface area contributed by atoms with Gasteiger partial charge in [0.05, 0.1) is 6.10 Å². The summed E-state index contributed by atoms with van der Waals surface area (Å²) in [6.45, 7) is 8.62. The first-order valence-electron chi connectivity index (χ1n) is 11.2. The van der Waals surface area contributed by atoms with Crippen LogP contribution in [-0.2, 0) is 9.53 Å². The van der Waals surface area contributed by atoms with E-state index in [-0.39, 0.29) is 18.0 Å². The lowest BCUT2D eigenvalue weighted by Gasteiger charge is -2.22. The molecule has 1 atom stereocenters. The van der Waals surface area contributed by atoms with E-state index in [1.165, 1.54) is 70.6 Å². The summed E-state index contributed by atoms with van der Waals surface area (Å²) in [5.41, 5.74) is 0.0564. The van der Waals surface area contributed by atoms with Crippen LogP contribution in [0.3, 0.4) is 0 Å². The molecular weight excluding hydrogens is 324 g/mol. The molecule has 0 aliphatic rings. The third-order valence-corrected chi connectivity index (χ3v) is 4.77. The Kier molecular flexibility index (Phi) is 16.2. The Balaban J connectivity index is 3.30. The maximum atomic E-state index is 11.7. The lowest BCUT2D eigenvalue weighted by Crippen LogP contribution is -2.24. The van der Waals surface area contributed by atoms with E-state index in [1.54, 1.807) is 0 Å². The largest absolute Gasteiger partial charge is 0.463 e. The highest BCUT2D eigenvalue weighted by Crippen LogP contribution is 2.21. The second-order valence-electron chi connectivity index (χ2n) is 9.09. The van der Waals surface area contributed by atoms with Gasteiger partial charge in [-0.25, -0.2) is 0 Å². The van der Waals surface area contributed by atoms with Crippen LogP contribution in [0.2, 0.25) is 0 Å². The molecule has 1 N–H and O–H groups in total. The molecule has 0 radical (unpaired) electrons. The third-order valence-electron chi connectivity index (χ3n) is 4.77. The molecule has 0 amide bonds. The quantitative estimate of drug-likeness (QED) is 0.226. The summed E-state index contributed by atoms with van der Waals surface area (Å²) in [5.74, 6) is -0.166. The molecule has 0 bridgehead atoms. The van der Waals surface area contributed by atoms with Crippen LogP contribution in [-0.4, -0.2) is 23.8 Å². The molecule has 0 rings (SSSR count). The van der Waals surface area contributed by atoms with Crippen molar-refractivity contribution < 1.29 is 14.6 Å². The van der Waals surface area contributed by atoms with Gasteiger partial charge in [-0.15, -0.1) is 0 Å². The minimum atomic E-state index is -0.550. The Morgan fingerprint density at radius 3 is 1.65 bits per heavy atom. The van der Waals surface area contributed by atoms with E-state index in [0.717, 1.165) is 12.8 Å². The molecule has 1 unspecified atom stereocenters. The third kappa shape index (κ3) is 19.8. The first-order chi connectivity index (χ1) is 12.3. The van der Waals surface area contributed by atoms with E-state index >= 15 is 0 Å². The highest BCUT2D eigenvalue weighted by molar-refractivity contribution is 5.69. The van der Waals surface area contributed by atoms with Crippen molar-refractivity contribution in [3.05, 3.63) is 0 Å². The highest BCUT2D eigenvalue weighted by atomic mass is 16.5. The number of carbonyl (C=O) groups is 1. The predicted octanol–water partition coefficient (Wildman–Crippen LogP) is 6.81.